The number of nitrogens with zero attached hydrogens (tertiary/aromatic N) is 2. The minimum absolute atomic E-state index is 0.0638. The maximum absolute atomic E-state index is 12.4. The lowest BCUT2D eigenvalue weighted by molar-refractivity contribution is 0.0698. The molecule has 1 heterocycles. The maximum Gasteiger partial charge on any atom is 0.253 e. The van der Waals surface area contributed by atoms with Gasteiger partial charge in [-0.25, -0.2) is 8.42 Å². The Labute approximate surface area is 130 Å². The molecule has 1 aromatic rings. The Bertz CT molecular complexity index is 645. The van der Waals surface area contributed by atoms with Gasteiger partial charge in [0, 0.05) is 31.7 Å². The number of ether oxygens (including phenoxy) is 1. The van der Waals surface area contributed by atoms with E-state index in [2.05, 4.69) is 0 Å². The van der Waals surface area contributed by atoms with Gasteiger partial charge in [0.25, 0.3) is 5.91 Å². The monoisotopic (exact) mass is 324 g/mol. The van der Waals surface area contributed by atoms with Gasteiger partial charge in [0.1, 0.15) is 5.75 Å². The van der Waals surface area contributed by atoms with Crippen LogP contribution < -0.4 is 4.74 Å². The highest BCUT2D eigenvalue weighted by Gasteiger charge is 2.41. The van der Waals surface area contributed by atoms with E-state index in [1.54, 1.807) is 36.3 Å². The van der Waals surface area contributed by atoms with Gasteiger partial charge in [-0.2, -0.15) is 4.31 Å². The molecule has 6 nitrogen and oxygen atoms in total. The van der Waals surface area contributed by atoms with Crippen LogP contribution in [0.2, 0.25) is 0 Å². The highest BCUT2D eigenvalue weighted by Crippen LogP contribution is 2.31. The Morgan fingerprint density at radius 1 is 1.09 bits per heavy atom. The van der Waals surface area contributed by atoms with Gasteiger partial charge >= 0.3 is 0 Å². The van der Waals surface area contributed by atoms with Gasteiger partial charge in [0.2, 0.25) is 10.0 Å². The van der Waals surface area contributed by atoms with Crippen molar-refractivity contribution >= 4 is 15.9 Å². The van der Waals surface area contributed by atoms with E-state index in [0.29, 0.717) is 37.5 Å². The van der Waals surface area contributed by atoms with Crippen molar-refractivity contribution in [1.29, 1.82) is 0 Å². The number of carbonyl (C=O) groups is 1. The van der Waals surface area contributed by atoms with Crippen LogP contribution in [0.4, 0.5) is 0 Å². The summed E-state index contributed by atoms with van der Waals surface area (Å²) in [4.78, 5) is 14.1. The Hall–Kier alpha value is -1.60. The summed E-state index contributed by atoms with van der Waals surface area (Å²) in [6, 6.07) is 6.96. The zero-order valence-corrected chi connectivity index (χ0v) is 13.4. The molecule has 1 aromatic carbocycles. The Morgan fingerprint density at radius 3 is 2.18 bits per heavy atom. The van der Waals surface area contributed by atoms with E-state index < -0.39 is 10.0 Å². The fourth-order valence-electron chi connectivity index (χ4n) is 2.64. The quantitative estimate of drug-likeness (QED) is 0.827. The normalized spacial score (nSPS) is 20.0. The number of piperazine rings is 1. The van der Waals surface area contributed by atoms with Crippen molar-refractivity contribution in [3.8, 4) is 5.75 Å². The standard InChI is InChI=1S/C15H20N2O4S/c1-21-13-4-2-12(3-5-13)15(18)16-8-10-17(11-9-16)22(19,20)14-6-7-14/h2-5,14H,6-11H2,1H3. The van der Waals surface area contributed by atoms with Crippen molar-refractivity contribution < 1.29 is 17.9 Å². The molecule has 0 spiro atoms. The first-order valence-corrected chi connectivity index (χ1v) is 8.95. The molecule has 1 amide bonds. The van der Waals surface area contributed by atoms with E-state index >= 15 is 0 Å². The van der Waals surface area contributed by atoms with E-state index in [4.69, 9.17) is 4.74 Å². The van der Waals surface area contributed by atoms with Crippen molar-refractivity contribution in [3.63, 3.8) is 0 Å². The molecule has 2 aliphatic rings. The molecule has 3 rings (SSSR count). The van der Waals surface area contributed by atoms with Crippen LogP contribution in [0.15, 0.2) is 24.3 Å². The Kier molecular flexibility index (Phi) is 4.10. The molecule has 0 aromatic heterocycles. The number of sulfonamides is 1. The van der Waals surface area contributed by atoms with Crippen LogP contribution in [0.3, 0.4) is 0 Å². The second kappa shape index (κ2) is 5.89. The summed E-state index contributed by atoms with van der Waals surface area (Å²) in [6.07, 6.45) is 1.54. The van der Waals surface area contributed by atoms with Crippen molar-refractivity contribution in [3.05, 3.63) is 29.8 Å². The first kappa shape index (κ1) is 15.3. The first-order chi connectivity index (χ1) is 10.5. The fourth-order valence-corrected chi connectivity index (χ4v) is 4.46. The second-order valence-corrected chi connectivity index (χ2v) is 7.88. The van der Waals surface area contributed by atoms with Crippen LogP contribution in [-0.2, 0) is 10.0 Å². The van der Waals surface area contributed by atoms with Gasteiger partial charge in [-0.15, -0.1) is 0 Å². The first-order valence-electron chi connectivity index (χ1n) is 7.44. The molecular weight excluding hydrogens is 304 g/mol. The van der Waals surface area contributed by atoms with Gasteiger partial charge in [-0.3, -0.25) is 4.79 Å². The number of rotatable bonds is 4. The van der Waals surface area contributed by atoms with E-state index in [0.717, 1.165) is 12.8 Å². The summed E-state index contributed by atoms with van der Waals surface area (Å²) in [7, 11) is -1.55. The zero-order chi connectivity index (χ0) is 15.7. The molecule has 1 aliphatic heterocycles. The molecule has 1 saturated carbocycles. The molecule has 0 bridgehead atoms. The van der Waals surface area contributed by atoms with Gasteiger partial charge < -0.3 is 9.64 Å². The predicted molar refractivity (Wildman–Crippen MR) is 82.4 cm³/mol. The topological polar surface area (TPSA) is 66.9 Å². The number of methoxy groups -OCH3 is 1. The predicted octanol–water partition coefficient (Wildman–Crippen LogP) is 0.945. The van der Waals surface area contributed by atoms with Crippen LogP contribution in [-0.4, -0.2) is 62.1 Å². The van der Waals surface area contributed by atoms with E-state index in [9.17, 15) is 13.2 Å². The van der Waals surface area contributed by atoms with Crippen molar-refractivity contribution in [2.24, 2.45) is 0 Å². The van der Waals surface area contributed by atoms with Crippen molar-refractivity contribution in [2.75, 3.05) is 33.3 Å². The molecule has 0 atom stereocenters. The molecule has 0 radical (unpaired) electrons. The minimum Gasteiger partial charge on any atom is -0.497 e. The highest BCUT2D eigenvalue weighted by molar-refractivity contribution is 7.90. The third-order valence-corrected chi connectivity index (χ3v) is 6.57. The molecule has 120 valence electrons. The van der Waals surface area contributed by atoms with Gasteiger partial charge in [-0.05, 0) is 37.1 Å². The number of amides is 1. The summed E-state index contributed by atoms with van der Waals surface area (Å²) in [5.74, 6) is 0.642. The summed E-state index contributed by atoms with van der Waals surface area (Å²) in [5.41, 5.74) is 0.597. The van der Waals surface area contributed by atoms with Gasteiger partial charge in [0.15, 0.2) is 0 Å². The molecule has 0 N–H and O–H groups in total. The fraction of sp³-hybridized carbons (Fsp3) is 0.533. The molecule has 7 heteroatoms. The van der Waals surface area contributed by atoms with Crippen LogP contribution in [0.5, 0.6) is 5.75 Å². The maximum atomic E-state index is 12.4. The second-order valence-electron chi connectivity index (χ2n) is 5.66. The summed E-state index contributed by atoms with van der Waals surface area (Å²) >= 11 is 0. The van der Waals surface area contributed by atoms with Gasteiger partial charge in [-0.1, -0.05) is 0 Å². The Morgan fingerprint density at radius 2 is 1.68 bits per heavy atom. The zero-order valence-electron chi connectivity index (χ0n) is 12.6. The summed E-state index contributed by atoms with van der Waals surface area (Å²) in [5, 5.41) is -0.184. The number of benzene rings is 1. The minimum atomic E-state index is -3.13. The van der Waals surface area contributed by atoms with Crippen LogP contribution >= 0.6 is 0 Å². The average Bonchev–Trinajstić information content (AvgIpc) is 3.40. The average molecular weight is 324 g/mol. The molecular formula is C15H20N2O4S. The van der Waals surface area contributed by atoms with Crippen LogP contribution in [0.25, 0.3) is 0 Å². The smallest absolute Gasteiger partial charge is 0.253 e. The number of hydrogen-bond acceptors (Lipinski definition) is 4. The highest BCUT2D eigenvalue weighted by atomic mass is 32.2. The van der Waals surface area contributed by atoms with E-state index in [-0.39, 0.29) is 11.2 Å². The van der Waals surface area contributed by atoms with Crippen LogP contribution in [0.1, 0.15) is 23.2 Å². The van der Waals surface area contributed by atoms with Crippen molar-refractivity contribution in [1.82, 2.24) is 9.21 Å². The lowest BCUT2D eigenvalue weighted by atomic mass is 10.2. The molecule has 1 aliphatic carbocycles. The lowest BCUT2D eigenvalue weighted by Gasteiger charge is -2.34. The number of carbonyl (C=O) groups excluding carboxylic acids is 1. The Balaban J connectivity index is 1.61. The third kappa shape index (κ3) is 2.96. The molecule has 1 saturated heterocycles. The summed E-state index contributed by atoms with van der Waals surface area (Å²) < 4.78 is 31.0. The van der Waals surface area contributed by atoms with E-state index in [1.165, 1.54) is 4.31 Å². The molecule has 2 fully saturated rings. The largest absolute Gasteiger partial charge is 0.497 e. The van der Waals surface area contributed by atoms with Crippen molar-refractivity contribution in [2.45, 2.75) is 18.1 Å². The van der Waals surface area contributed by atoms with E-state index in [1.807, 2.05) is 0 Å². The lowest BCUT2D eigenvalue weighted by Crippen LogP contribution is -2.51. The third-order valence-electron chi connectivity index (χ3n) is 4.17. The van der Waals surface area contributed by atoms with Crippen LogP contribution in [0, 0.1) is 0 Å². The number of hydrogen-bond donors (Lipinski definition) is 0. The molecule has 22 heavy (non-hydrogen) atoms. The van der Waals surface area contributed by atoms with Gasteiger partial charge in [0.05, 0.1) is 12.4 Å². The molecule has 0 unspecified atom stereocenters. The SMILES string of the molecule is COc1ccc(C(=O)N2CCN(S(=O)(=O)C3CC3)CC2)cc1. The summed E-state index contributed by atoms with van der Waals surface area (Å²) in [6.45, 7) is 1.66.